The molecule has 1 atom stereocenters. The number of nitrogens with zero attached hydrogens (tertiary/aromatic N) is 1. The van der Waals surface area contributed by atoms with Crippen LogP contribution in [0.1, 0.15) is 22.7 Å². The molecule has 0 radical (unpaired) electrons. The summed E-state index contributed by atoms with van der Waals surface area (Å²) in [7, 11) is 0. The molecule has 1 aliphatic heterocycles. The van der Waals surface area contributed by atoms with Crippen LogP contribution in [-0.4, -0.2) is 10.6 Å². The highest BCUT2D eigenvalue weighted by Crippen LogP contribution is 2.34. The highest BCUT2D eigenvalue weighted by molar-refractivity contribution is 5.87. The number of carbonyl (C=O) groups excluding carboxylic acids is 1. The summed E-state index contributed by atoms with van der Waals surface area (Å²) in [5.41, 5.74) is 5.17. The number of fused-ring (bicyclic) bond motifs is 1. The maximum atomic E-state index is 12.8. The number of nitrogens with one attached hydrogen (secondary N) is 1. The summed E-state index contributed by atoms with van der Waals surface area (Å²) >= 11 is 0. The second-order valence-corrected chi connectivity index (χ2v) is 5.67. The number of pyridine rings is 1. The van der Waals surface area contributed by atoms with E-state index in [4.69, 9.17) is 5.73 Å². The average Bonchev–Trinajstić information content (AvgIpc) is 2.94. The molecule has 0 fully saturated rings. The second-order valence-electron chi connectivity index (χ2n) is 5.67. The largest absolute Gasteiger partial charge is 0.416 e. The van der Waals surface area contributed by atoms with Gasteiger partial charge in [0, 0.05) is 18.2 Å². The van der Waals surface area contributed by atoms with Crippen molar-refractivity contribution in [1.29, 1.82) is 0 Å². The quantitative estimate of drug-likeness (QED) is 0.884. The van der Waals surface area contributed by atoms with E-state index in [2.05, 4.69) is 5.32 Å². The van der Waals surface area contributed by atoms with Crippen LogP contribution in [0.4, 0.5) is 23.7 Å². The lowest BCUT2D eigenvalue weighted by Crippen LogP contribution is -2.28. The molecule has 2 amide bonds. The van der Waals surface area contributed by atoms with Gasteiger partial charge >= 0.3 is 12.2 Å². The van der Waals surface area contributed by atoms with E-state index in [-0.39, 0.29) is 18.2 Å². The number of nitrogens with two attached hydrogens (primary N) is 1. The normalized spacial score (nSPS) is 16.7. The van der Waals surface area contributed by atoms with E-state index < -0.39 is 23.3 Å². The molecule has 2 heterocycles. The van der Waals surface area contributed by atoms with Crippen LogP contribution in [0.15, 0.2) is 41.2 Å². The molecule has 5 nitrogen and oxygen atoms in total. The fraction of sp³-hybridized carbons (Fsp3) is 0.250. The van der Waals surface area contributed by atoms with E-state index >= 15 is 0 Å². The van der Waals surface area contributed by atoms with Crippen molar-refractivity contribution in [2.75, 3.05) is 5.32 Å². The summed E-state index contributed by atoms with van der Waals surface area (Å²) in [5.74, 6) is -0.233. The van der Waals surface area contributed by atoms with Gasteiger partial charge in [-0.3, -0.25) is 4.79 Å². The molecule has 24 heavy (non-hydrogen) atoms. The number of urea groups is 1. The van der Waals surface area contributed by atoms with Gasteiger partial charge in [-0.15, -0.1) is 0 Å². The van der Waals surface area contributed by atoms with Crippen LogP contribution in [0.5, 0.6) is 0 Å². The van der Waals surface area contributed by atoms with Crippen LogP contribution in [-0.2, 0) is 19.1 Å². The third kappa shape index (κ3) is 2.99. The molecule has 1 aromatic carbocycles. The number of amides is 2. The standard InChI is InChI=1S/C16H14F3N3O2/c17-16(18,19)11-3-1-2-9(6-11)10-7-12-4-5-13(21-15(20)24)14(23)22(12)8-10/h1-6,10H,7-8H2,(H3,20,21,24). The minimum Gasteiger partial charge on any atom is -0.351 e. The summed E-state index contributed by atoms with van der Waals surface area (Å²) in [6, 6.07) is 7.40. The fourth-order valence-electron chi connectivity index (χ4n) is 2.95. The Hall–Kier alpha value is -2.77. The molecular weight excluding hydrogens is 323 g/mol. The first-order chi connectivity index (χ1) is 11.3. The highest BCUT2D eigenvalue weighted by Gasteiger charge is 2.32. The van der Waals surface area contributed by atoms with Crippen molar-refractivity contribution in [3.8, 4) is 0 Å². The van der Waals surface area contributed by atoms with Crippen molar-refractivity contribution in [1.82, 2.24) is 4.57 Å². The van der Waals surface area contributed by atoms with Gasteiger partial charge in [0.15, 0.2) is 0 Å². The van der Waals surface area contributed by atoms with Gasteiger partial charge in [-0.05, 0) is 30.2 Å². The van der Waals surface area contributed by atoms with E-state index in [1.165, 1.54) is 16.7 Å². The summed E-state index contributed by atoms with van der Waals surface area (Å²) in [4.78, 5) is 23.2. The molecule has 0 saturated heterocycles. The van der Waals surface area contributed by atoms with Gasteiger partial charge in [-0.25, -0.2) is 4.79 Å². The number of hydrogen-bond acceptors (Lipinski definition) is 2. The molecule has 0 spiro atoms. The van der Waals surface area contributed by atoms with Gasteiger partial charge in [0.2, 0.25) is 0 Å². The van der Waals surface area contributed by atoms with Crippen molar-refractivity contribution in [2.24, 2.45) is 5.73 Å². The molecule has 2 aromatic rings. The first kappa shape index (κ1) is 16.1. The molecule has 8 heteroatoms. The SMILES string of the molecule is NC(=O)Nc1ccc2n(c1=O)CC(c1cccc(C(F)(F)F)c1)C2. The maximum Gasteiger partial charge on any atom is 0.416 e. The van der Waals surface area contributed by atoms with E-state index in [1.807, 2.05) is 0 Å². The molecule has 126 valence electrons. The number of alkyl halides is 3. The van der Waals surface area contributed by atoms with Crippen molar-refractivity contribution in [3.05, 3.63) is 63.6 Å². The van der Waals surface area contributed by atoms with Gasteiger partial charge in [-0.1, -0.05) is 18.2 Å². The highest BCUT2D eigenvalue weighted by atomic mass is 19.4. The van der Waals surface area contributed by atoms with Crippen LogP contribution in [0.2, 0.25) is 0 Å². The van der Waals surface area contributed by atoms with Crippen molar-refractivity contribution >= 4 is 11.7 Å². The summed E-state index contributed by atoms with van der Waals surface area (Å²) in [6.07, 6.45) is -3.95. The lowest BCUT2D eigenvalue weighted by Gasteiger charge is -2.12. The minimum absolute atomic E-state index is 0.0518. The zero-order valence-corrected chi connectivity index (χ0v) is 12.4. The first-order valence-electron chi connectivity index (χ1n) is 7.22. The monoisotopic (exact) mass is 337 g/mol. The van der Waals surface area contributed by atoms with E-state index in [0.717, 1.165) is 12.1 Å². The number of primary amides is 1. The van der Waals surface area contributed by atoms with Crippen molar-refractivity contribution < 1.29 is 18.0 Å². The van der Waals surface area contributed by atoms with Crippen LogP contribution in [0.25, 0.3) is 0 Å². The summed E-state index contributed by atoms with van der Waals surface area (Å²) in [5, 5.41) is 2.24. The second kappa shape index (κ2) is 5.70. The van der Waals surface area contributed by atoms with E-state index in [1.54, 1.807) is 12.1 Å². The topological polar surface area (TPSA) is 77.1 Å². The Balaban J connectivity index is 1.91. The molecule has 1 aliphatic rings. The van der Waals surface area contributed by atoms with Gasteiger partial charge in [0.1, 0.15) is 5.69 Å². The zero-order valence-electron chi connectivity index (χ0n) is 12.4. The maximum absolute atomic E-state index is 12.8. The molecule has 3 rings (SSSR count). The molecule has 0 bridgehead atoms. The Morgan fingerprint density at radius 1 is 1.25 bits per heavy atom. The molecule has 1 unspecified atom stereocenters. The molecular formula is C16H14F3N3O2. The molecule has 1 aromatic heterocycles. The van der Waals surface area contributed by atoms with Crippen LogP contribution in [0.3, 0.4) is 0 Å². The Labute approximate surface area is 134 Å². The number of benzene rings is 1. The third-order valence-electron chi connectivity index (χ3n) is 4.07. The van der Waals surface area contributed by atoms with Gasteiger partial charge < -0.3 is 15.6 Å². The lowest BCUT2D eigenvalue weighted by atomic mass is 9.95. The Kier molecular flexibility index (Phi) is 3.82. The van der Waals surface area contributed by atoms with Gasteiger partial charge in [-0.2, -0.15) is 13.2 Å². The van der Waals surface area contributed by atoms with E-state index in [9.17, 15) is 22.8 Å². The average molecular weight is 337 g/mol. The minimum atomic E-state index is -4.41. The molecule has 3 N–H and O–H groups in total. The third-order valence-corrected chi connectivity index (χ3v) is 4.07. The van der Waals surface area contributed by atoms with Crippen molar-refractivity contribution in [2.45, 2.75) is 25.1 Å². The number of anilines is 1. The zero-order chi connectivity index (χ0) is 17.5. The van der Waals surface area contributed by atoms with Gasteiger partial charge in [0.25, 0.3) is 5.56 Å². The van der Waals surface area contributed by atoms with E-state index in [0.29, 0.717) is 17.7 Å². The predicted molar refractivity (Wildman–Crippen MR) is 81.8 cm³/mol. The summed E-state index contributed by atoms with van der Waals surface area (Å²) < 4.78 is 40.0. The van der Waals surface area contributed by atoms with Crippen LogP contribution < -0.4 is 16.6 Å². The Morgan fingerprint density at radius 2 is 2.00 bits per heavy atom. The number of carbonyl (C=O) groups is 1. The van der Waals surface area contributed by atoms with Crippen molar-refractivity contribution in [3.63, 3.8) is 0 Å². The number of aromatic nitrogens is 1. The Bertz CT molecular complexity index is 858. The number of halogens is 3. The molecule has 0 aliphatic carbocycles. The lowest BCUT2D eigenvalue weighted by molar-refractivity contribution is -0.137. The number of rotatable bonds is 2. The first-order valence-corrected chi connectivity index (χ1v) is 7.22. The predicted octanol–water partition coefficient (Wildman–Crippen LogP) is 2.70. The smallest absolute Gasteiger partial charge is 0.351 e. The Morgan fingerprint density at radius 3 is 2.67 bits per heavy atom. The van der Waals surface area contributed by atoms with Gasteiger partial charge in [0.05, 0.1) is 5.56 Å². The number of hydrogen-bond donors (Lipinski definition) is 2. The van der Waals surface area contributed by atoms with Crippen LogP contribution >= 0.6 is 0 Å². The summed E-state index contributed by atoms with van der Waals surface area (Å²) in [6.45, 7) is 0.254. The fourth-order valence-corrected chi connectivity index (χ4v) is 2.95. The van der Waals surface area contributed by atoms with Crippen LogP contribution in [0, 0.1) is 0 Å². The molecule has 0 saturated carbocycles.